The third kappa shape index (κ3) is 3.96. The summed E-state index contributed by atoms with van der Waals surface area (Å²) < 4.78 is 0.843. The number of aliphatic imine (C=N–C) groups is 1. The van der Waals surface area contributed by atoms with Crippen LogP contribution >= 0.6 is 23.1 Å². The molecule has 0 saturated heterocycles. The SMILES string of the molecule is Oc1sc(SCc2ccccc2)nc1C=Nc1ccccc1. The number of hydrogen-bond acceptors (Lipinski definition) is 5. The maximum Gasteiger partial charge on any atom is 0.201 e. The second kappa shape index (κ2) is 7.24. The highest BCUT2D eigenvalue weighted by Gasteiger charge is 2.09. The van der Waals surface area contributed by atoms with Crippen molar-refractivity contribution in [2.45, 2.75) is 10.1 Å². The van der Waals surface area contributed by atoms with Gasteiger partial charge in [0.05, 0.1) is 11.9 Å². The maximum atomic E-state index is 9.96. The minimum atomic E-state index is 0.204. The second-order valence-electron chi connectivity index (χ2n) is 4.54. The van der Waals surface area contributed by atoms with Gasteiger partial charge in [-0.15, -0.1) is 0 Å². The second-order valence-corrected chi connectivity index (χ2v) is 6.74. The molecular weight excluding hydrogens is 312 g/mol. The highest BCUT2D eigenvalue weighted by Crippen LogP contribution is 2.33. The average molecular weight is 326 g/mol. The van der Waals surface area contributed by atoms with Crippen LogP contribution in [0.1, 0.15) is 11.3 Å². The third-order valence-electron chi connectivity index (χ3n) is 2.91. The zero-order valence-corrected chi connectivity index (χ0v) is 13.3. The van der Waals surface area contributed by atoms with E-state index in [-0.39, 0.29) is 5.06 Å². The van der Waals surface area contributed by atoms with Crippen molar-refractivity contribution in [1.29, 1.82) is 0 Å². The summed E-state index contributed by atoms with van der Waals surface area (Å²) in [6.07, 6.45) is 1.60. The summed E-state index contributed by atoms with van der Waals surface area (Å²) in [5.41, 5.74) is 2.60. The first-order valence-electron chi connectivity index (χ1n) is 6.77. The van der Waals surface area contributed by atoms with Crippen LogP contribution in [0.4, 0.5) is 5.69 Å². The first kappa shape index (κ1) is 14.8. The van der Waals surface area contributed by atoms with Crippen LogP contribution in [0.25, 0.3) is 0 Å². The number of para-hydroxylation sites is 1. The minimum absolute atomic E-state index is 0.204. The smallest absolute Gasteiger partial charge is 0.201 e. The van der Waals surface area contributed by atoms with Crippen molar-refractivity contribution in [3.05, 3.63) is 71.9 Å². The molecule has 0 amide bonds. The van der Waals surface area contributed by atoms with E-state index in [1.807, 2.05) is 48.5 Å². The fourth-order valence-corrected chi connectivity index (χ4v) is 3.63. The average Bonchev–Trinajstić information content (AvgIpc) is 2.93. The molecule has 5 heteroatoms. The Labute approximate surface area is 137 Å². The number of thioether (sulfide) groups is 1. The monoisotopic (exact) mass is 326 g/mol. The molecule has 0 unspecified atom stereocenters. The molecule has 1 heterocycles. The van der Waals surface area contributed by atoms with Crippen LogP contribution in [0.5, 0.6) is 5.06 Å². The lowest BCUT2D eigenvalue weighted by molar-refractivity contribution is 0.488. The van der Waals surface area contributed by atoms with Crippen molar-refractivity contribution in [2.24, 2.45) is 4.99 Å². The van der Waals surface area contributed by atoms with Gasteiger partial charge in [0.1, 0.15) is 5.69 Å². The van der Waals surface area contributed by atoms with Crippen molar-refractivity contribution < 1.29 is 5.11 Å². The molecule has 2 aromatic carbocycles. The lowest BCUT2D eigenvalue weighted by Crippen LogP contribution is -1.82. The number of thiazole rings is 1. The first-order chi connectivity index (χ1) is 10.8. The Morgan fingerprint density at radius 2 is 1.73 bits per heavy atom. The quantitative estimate of drug-likeness (QED) is 0.536. The Bertz CT molecular complexity index is 755. The van der Waals surface area contributed by atoms with E-state index in [2.05, 4.69) is 22.1 Å². The number of benzene rings is 2. The van der Waals surface area contributed by atoms with Crippen molar-refractivity contribution in [3.63, 3.8) is 0 Å². The molecule has 0 aliphatic carbocycles. The summed E-state index contributed by atoms with van der Waals surface area (Å²) in [6.45, 7) is 0. The standard InChI is InChI=1S/C17H14N2OS2/c20-16-15(11-18-14-9-5-2-6-10-14)19-17(22-16)21-12-13-7-3-1-4-8-13/h1-11,20H,12H2. The minimum Gasteiger partial charge on any atom is -0.498 e. The van der Waals surface area contributed by atoms with Gasteiger partial charge in [0.25, 0.3) is 0 Å². The Hall–Kier alpha value is -2.11. The molecule has 22 heavy (non-hydrogen) atoms. The molecule has 0 spiro atoms. The molecule has 1 N–H and O–H groups in total. The molecule has 0 aliphatic rings. The van der Waals surface area contributed by atoms with Gasteiger partial charge in [-0.05, 0) is 17.7 Å². The Morgan fingerprint density at radius 1 is 1.05 bits per heavy atom. The van der Waals surface area contributed by atoms with Gasteiger partial charge >= 0.3 is 0 Å². The van der Waals surface area contributed by atoms with Crippen LogP contribution < -0.4 is 0 Å². The third-order valence-corrected chi connectivity index (χ3v) is 5.00. The van der Waals surface area contributed by atoms with E-state index in [0.717, 1.165) is 15.8 Å². The molecule has 0 atom stereocenters. The largest absolute Gasteiger partial charge is 0.498 e. The molecule has 3 nitrogen and oxygen atoms in total. The van der Waals surface area contributed by atoms with Crippen LogP contribution in [0.3, 0.4) is 0 Å². The molecule has 0 radical (unpaired) electrons. The van der Waals surface area contributed by atoms with E-state index in [9.17, 15) is 5.11 Å². The number of hydrogen-bond donors (Lipinski definition) is 1. The van der Waals surface area contributed by atoms with Gasteiger partial charge in [0.15, 0.2) is 4.34 Å². The lowest BCUT2D eigenvalue weighted by Gasteiger charge is -1.97. The zero-order chi connectivity index (χ0) is 15.2. The molecule has 0 fully saturated rings. The summed E-state index contributed by atoms with van der Waals surface area (Å²) in [4.78, 5) is 8.74. The molecule has 1 aromatic heterocycles. The van der Waals surface area contributed by atoms with Crippen LogP contribution in [0.2, 0.25) is 0 Å². The Morgan fingerprint density at radius 3 is 2.45 bits per heavy atom. The van der Waals surface area contributed by atoms with E-state index in [1.54, 1.807) is 18.0 Å². The molecule has 0 saturated carbocycles. The summed E-state index contributed by atoms with van der Waals surface area (Å²) in [5, 5.41) is 10.2. The summed E-state index contributed by atoms with van der Waals surface area (Å²) in [5.74, 6) is 0.836. The number of aromatic nitrogens is 1. The number of aromatic hydroxyl groups is 1. The highest BCUT2D eigenvalue weighted by molar-refractivity contribution is 8.00. The topological polar surface area (TPSA) is 45.5 Å². The molecule has 0 bridgehead atoms. The fourth-order valence-electron chi connectivity index (χ4n) is 1.82. The van der Waals surface area contributed by atoms with Crippen LogP contribution in [0.15, 0.2) is 70.0 Å². The number of rotatable bonds is 5. The van der Waals surface area contributed by atoms with Crippen molar-refractivity contribution in [1.82, 2.24) is 4.98 Å². The van der Waals surface area contributed by atoms with Crippen LogP contribution in [0, 0.1) is 0 Å². The van der Waals surface area contributed by atoms with Crippen molar-refractivity contribution in [2.75, 3.05) is 0 Å². The molecule has 3 rings (SSSR count). The van der Waals surface area contributed by atoms with E-state index in [4.69, 9.17) is 0 Å². The van der Waals surface area contributed by atoms with Gasteiger partial charge < -0.3 is 5.11 Å². The highest BCUT2D eigenvalue weighted by atomic mass is 32.2. The van der Waals surface area contributed by atoms with E-state index in [1.165, 1.54) is 16.9 Å². The van der Waals surface area contributed by atoms with E-state index < -0.39 is 0 Å². The Kier molecular flexibility index (Phi) is 4.88. The summed E-state index contributed by atoms with van der Waals surface area (Å²) in [6, 6.07) is 19.8. The summed E-state index contributed by atoms with van der Waals surface area (Å²) in [7, 11) is 0. The van der Waals surface area contributed by atoms with Gasteiger partial charge in [-0.3, -0.25) is 4.99 Å². The predicted octanol–water partition coefficient (Wildman–Crippen LogP) is 4.89. The molecule has 3 aromatic rings. The van der Waals surface area contributed by atoms with E-state index in [0.29, 0.717) is 5.69 Å². The normalized spacial score (nSPS) is 11.1. The summed E-state index contributed by atoms with van der Waals surface area (Å²) >= 11 is 2.90. The maximum absolute atomic E-state index is 9.96. The molecule has 0 aliphatic heterocycles. The predicted molar refractivity (Wildman–Crippen MR) is 93.5 cm³/mol. The first-order valence-corrected chi connectivity index (χ1v) is 8.57. The molecule has 110 valence electrons. The number of nitrogens with zero attached hydrogens (tertiary/aromatic N) is 2. The molecular formula is C17H14N2OS2. The van der Waals surface area contributed by atoms with Crippen molar-refractivity contribution in [3.8, 4) is 5.06 Å². The van der Waals surface area contributed by atoms with Gasteiger partial charge in [-0.1, -0.05) is 71.6 Å². The van der Waals surface area contributed by atoms with Crippen molar-refractivity contribution >= 4 is 35.0 Å². The van der Waals surface area contributed by atoms with Crippen LogP contribution in [-0.2, 0) is 5.75 Å². The zero-order valence-electron chi connectivity index (χ0n) is 11.7. The van der Waals surface area contributed by atoms with Gasteiger partial charge in [0, 0.05) is 5.75 Å². The lowest BCUT2D eigenvalue weighted by atomic mass is 10.2. The Balaban J connectivity index is 1.67. The van der Waals surface area contributed by atoms with Gasteiger partial charge in [0.2, 0.25) is 5.06 Å². The fraction of sp³-hybridized carbons (Fsp3) is 0.0588. The van der Waals surface area contributed by atoms with E-state index >= 15 is 0 Å². The van der Waals surface area contributed by atoms with Gasteiger partial charge in [-0.2, -0.15) is 0 Å². The van der Waals surface area contributed by atoms with Gasteiger partial charge in [-0.25, -0.2) is 4.98 Å². The van der Waals surface area contributed by atoms with Crippen LogP contribution in [-0.4, -0.2) is 16.3 Å².